The molecule has 0 aliphatic rings. The third-order valence-electron chi connectivity index (χ3n) is 1.31. The van der Waals surface area contributed by atoms with Crippen molar-refractivity contribution >= 4 is 0 Å². The molecule has 0 saturated carbocycles. The van der Waals surface area contributed by atoms with Crippen LogP contribution in [-0.4, -0.2) is 16.4 Å². The van der Waals surface area contributed by atoms with E-state index < -0.39 is 0 Å². The summed E-state index contributed by atoms with van der Waals surface area (Å²) in [5.41, 5.74) is 0. The normalized spacial score (nSPS) is 13.4. The van der Waals surface area contributed by atoms with Gasteiger partial charge in [-0.25, -0.2) is 4.68 Å². The van der Waals surface area contributed by atoms with E-state index in [0.29, 0.717) is 0 Å². The highest BCUT2D eigenvalue weighted by Gasteiger charge is 2.00. The molecule has 1 rings (SSSR count). The molecule has 0 bridgehead atoms. The minimum absolute atomic E-state index is 0.0556. The van der Waals surface area contributed by atoms with Crippen LogP contribution in [0.3, 0.4) is 0 Å². The van der Waals surface area contributed by atoms with Gasteiger partial charge in [-0.3, -0.25) is 0 Å². The van der Waals surface area contributed by atoms with Gasteiger partial charge in [0, 0.05) is 19.0 Å². The first-order valence-electron chi connectivity index (χ1n) is 3.45. The maximum Gasteiger partial charge on any atom is 0.147 e. The van der Waals surface area contributed by atoms with E-state index in [2.05, 4.69) is 5.10 Å². The third-order valence-corrected chi connectivity index (χ3v) is 1.31. The van der Waals surface area contributed by atoms with Crippen LogP contribution in [0.1, 0.15) is 20.1 Å². The Morgan fingerprint density at radius 2 is 2.50 bits per heavy atom. The van der Waals surface area contributed by atoms with Crippen LogP contribution in [-0.2, 0) is 4.74 Å². The van der Waals surface area contributed by atoms with Gasteiger partial charge < -0.3 is 4.74 Å². The van der Waals surface area contributed by atoms with Gasteiger partial charge in [-0.2, -0.15) is 5.10 Å². The first-order chi connectivity index (χ1) is 4.84. The summed E-state index contributed by atoms with van der Waals surface area (Å²) in [6, 6.07) is 1.88. The van der Waals surface area contributed by atoms with Gasteiger partial charge in [-0.15, -0.1) is 0 Å². The molecule has 0 fully saturated rings. The van der Waals surface area contributed by atoms with E-state index >= 15 is 0 Å². The molecule has 1 aromatic heterocycles. The average molecular weight is 140 g/mol. The second kappa shape index (κ2) is 3.37. The van der Waals surface area contributed by atoms with Crippen LogP contribution in [0, 0.1) is 0 Å². The van der Waals surface area contributed by atoms with Crippen molar-refractivity contribution < 1.29 is 4.74 Å². The van der Waals surface area contributed by atoms with Crippen molar-refractivity contribution in [3.63, 3.8) is 0 Å². The van der Waals surface area contributed by atoms with E-state index in [4.69, 9.17) is 4.74 Å². The largest absolute Gasteiger partial charge is 0.357 e. The molecule has 0 amide bonds. The molecule has 3 nitrogen and oxygen atoms in total. The maximum atomic E-state index is 5.29. The van der Waals surface area contributed by atoms with Crippen molar-refractivity contribution in [2.24, 2.45) is 0 Å². The summed E-state index contributed by atoms with van der Waals surface area (Å²) in [6.07, 6.45) is 3.69. The number of nitrogens with zero attached hydrogens (tertiary/aromatic N) is 2. The first kappa shape index (κ1) is 7.28. The molecule has 0 aromatic carbocycles. The summed E-state index contributed by atoms with van der Waals surface area (Å²) in [5.74, 6) is 0. The molecule has 56 valence electrons. The Labute approximate surface area is 60.6 Å². The smallest absolute Gasteiger partial charge is 0.147 e. The second-order valence-corrected chi connectivity index (χ2v) is 2.04. The lowest BCUT2D eigenvalue weighted by Gasteiger charge is -2.10. The molecular formula is C7H12N2O. The molecule has 10 heavy (non-hydrogen) atoms. The maximum absolute atomic E-state index is 5.29. The quantitative estimate of drug-likeness (QED) is 0.635. The summed E-state index contributed by atoms with van der Waals surface area (Å²) >= 11 is 0. The lowest BCUT2D eigenvalue weighted by molar-refractivity contribution is 0.0159. The molecule has 0 N–H and O–H groups in total. The molecule has 0 aliphatic carbocycles. The van der Waals surface area contributed by atoms with Gasteiger partial charge in [-0.05, 0) is 19.9 Å². The zero-order valence-corrected chi connectivity index (χ0v) is 6.32. The minimum atomic E-state index is 0.0556. The van der Waals surface area contributed by atoms with Gasteiger partial charge in [0.2, 0.25) is 0 Å². The zero-order valence-electron chi connectivity index (χ0n) is 6.32. The van der Waals surface area contributed by atoms with Crippen molar-refractivity contribution in [1.82, 2.24) is 9.78 Å². The van der Waals surface area contributed by atoms with Crippen molar-refractivity contribution in [2.75, 3.05) is 6.61 Å². The Morgan fingerprint density at radius 3 is 3.00 bits per heavy atom. The summed E-state index contributed by atoms with van der Waals surface area (Å²) in [4.78, 5) is 0. The third kappa shape index (κ3) is 1.57. The Balaban J connectivity index is 2.50. The van der Waals surface area contributed by atoms with Crippen LogP contribution in [0.15, 0.2) is 18.5 Å². The zero-order chi connectivity index (χ0) is 7.40. The SMILES string of the molecule is CCO[C@@H](C)n1cccn1. The highest BCUT2D eigenvalue weighted by atomic mass is 16.5. The van der Waals surface area contributed by atoms with Crippen LogP contribution in [0.2, 0.25) is 0 Å². The summed E-state index contributed by atoms with van der Waals surface area (Å²) in [7, 11) is 0. The van der Waals surface area contributed by atoms with E-state index in [0.717, 1.165) is 6.61 Å². The van der Waals surface area contributed by atoms with Gasteiger partial charge in [0.05, 0.1) is 0 Å². The standard InChI is InChI=1S/C7H12N2O/c1-3-10-7(2)9-6-4-5-8-9/h4-7H,3H2,1-2H3/t7-/m0/s1. The summed E-state index contributed by atoms with van der Waals surface area (Å²) in [6.45, 7) is 4.66. The average Bonchev–Trinajstić information content (AvgIpc) is 2.38. The summed E-state index contributed by atoms with van der Waals surface area (Å²) < 4.78 is 7.07. The van der Waals surface area contributed by atoms with Gasteiger partial charge in [0.25, 0.3) is 0 Å². The minimum Gasteiger partial charge on any atom is -0.357 e. The van der Waals surface area contributed by atoms with Crippen LogP contribution in [0.4, 0.5) is 0 Å². The fourth-order valence-electron chi connectivity index (χ4n) is 0.813. The van der Waals surface area contributed by atoms with Crippen LogP contribution >= 0.6 is 0 Å². The van der Waals surface area contributed by atoms with Gasteiger partial charge in [0.1, 0.15) is 6.23 Å². The first-order valence-corrected chi connectivity index (χ1v) is 3.45. The molecule has 1 aromatic rings. The number of ether oxygens (including phenoxy) is 1. The number of hydrogen-bond donors (Lipinski definition) is 0. The Kier molecular flexibility index (Phi) is 2.45. The molecule has 0 saturated heterocycles. The Hall–Kier alpha value is -0.830. The van der Waals surface area contributed by atoms with Crippen LogP contribution in [0.25, 0.3) is 0 Å². The number of hydrogen-bond acceptors (Lipinski definition) is 2. The molecule has 1 atom stereocenters. The predicted molar refractivity (Wildman–Crippen MR) is 38.6 cm³/mol. The van der Waals surface area contributed by atoms with E-state index in [-0.39, 0.29) is 6.23 Å². The highest BCUT2D eigenvalue weighted by Crippen LogP contribution is 2.03. The molecule has 0 aliphatic heterocycles. The Morgan fingerprint density at radius 1 is 1.70 bits per heavy atom. The summed E-state index contributed by atoms with van der Waals surface area (Å²) in [5, 5.41) is 4.03. The Bertz CT molecular complexity index is 172. The van der Waals surface area contributed by atoms with Crippen LogP contribution < -0.4 is 0 Å². The van der Waals surface area contributed by atoms with Crippen molar-refractivity contribution in [3.8, 4) is 0 Å². The monoisotopic (exact) mass is 140 g/mol. The van der Waals surface area contributed by atoms with E-state index in [1.165, 1.54) is 0 Å². The fourth-order valence-corrected chi connectivity index (χ4v) is 0.813. The highest BCUT2D eigenvalue weighted by molar-refractivity contribution is 4.78. The van der Waals surface area contributed by atoms with Gasteiger partial charge >= 0.3 is 0 Å². The topological polar surface area (TPSA) is 27.1 Å². The predicted octanol–water partition coefficient (Wildman–Crippen LogP) is 1.44. The van der Waals surface area contributed by atoms with Crippen molar-refractivity contribution in [1.29, 1.82) is 0 Å². The van der Waals surface area contributed by atoms with Crippen molar-refractivity contribution in [3.05, 3.63) is 18.5 Å². The van der Waals surface area contributed by atoms with E-state index in [1.54, 1.807) is 10.9 Å². The van der Waals surface area contributed by atoms with E-state index in [1.807, 2.05) is 26.1 Å². The number of rotatable bonds is 3. The second-order valence-electron chi connectivity index (χ2n) is 2.04. The lowest BCUT2D eigenvalue weighted by Crippen LogP contribution is -2.09. The molecule has 1 heterocycles. The molecule has 0 radical (unpaired) electrons. The molecular weight excluding hydrogens is 128 g/mol. The van der Waals surface area contributed by atoms with Gasteiger partial charge in [0.15, 0.2) is 0 Å². The molecule has 0 unspecified atom stereocenters. The molecule has 0 spiro atoms. The molecule has 3 heteroatoms. The fraction of sp³-hybridized carbons (Fsp3) is 0.571. The lowest BCUT2D eigenvalue weighted by atomic mass is 10.6. The van der Waals surface area contributed by atoms with Gasteiger partial charge in [-0.1, -0.05) is 0 Å². The van der Waals surface area contributed by atoms with Crippen molar-refractivity contribution in [2.45, 2.75) is 20.1 Å². The van der Waals surface area contributed by atoms with Crippen LogP contribution in [0.5, 0.6) is 0 Å². The van der Waals surface area contributed by atoms with E-state index in [9.17, 15) is 0 Å². The number of aromatic nitrogens is 2.